The lowest BCUT2D eigenvalue weighted by atomic mass is 9.94. The van der Waals surface area contributed by atoms with Crippen LogP contribution in [-0.2, 0) is 9.59 Å². The van der Waals surface area contributed by atoms with Crippen LogP contribution in [0.1, 0.15) is 43.7 Å². The van der Waals surface area contributed by atoms with Crippen LogP contribution in [0, 0.1) is 5.82 Å². The smallest absolute Gasteiger partial charge is 0.310 e. The molecule has 4 rings (SSSR count). The summed E-state index contributed by atoms with van der Waals surface area (Å²) in [5.74, 6) is -1.96. The van der Waals surface area contributed by atoms with E-state index in [4.69, 9.17) is 5.11 Å². The Morgan fingerprint density at radius 1 is 1.06 bits per heavy atom. The lowest BCUT2D eigenvalue weighted by molar-refractivity contribution is -0.140. The Balaban J connectivity index is 1.93. The summed E-state index contributed by atoms with van der Waals surface area (Å²) in [6.45, 7) is 4.19. The minimum Gasteiger partial charge on any atom is -0.481 e. The van der Waals surface area contributed by atoms with Crippen molar-refractivity contribution in [2.75, 3.05) is 0 Å². The van der Waals surface area contributed by atoms with Crippen LogP contribution >= 0.6 is 0 Å². The van der Waals surface area contributed by atoms with Gasteiger partial charge in [0.15, 0.2) is 0 Å². The Bertz CT molecular complexity index is 1400. The molecule has 0 saturated heterocycles. The average molecular weight is 460 g/mol. The molecule has 0 aliphatic heterocycles. The quantitative estimate of drug-likeness (QED) is 0.325. The number of carbonyl (C=O) groups excluding carboxylic acids is 1. The maximum Gasteiger partial charge on any atom is 0.310 e. The maximum absolute atomic E-state index is 13.7. The second kappa shape index (κ2) is 9.61. The number of aliphatic hydroxyl groups is 1. The number of aliphatic hydroxyl groups excluding tert-OH is 1. The number of pyridine rings is 1. The molecule has 5 nitrogen and oxygen atoms in total. The number of aromatic nitrogens is 1. The summed E-state index contributed by atoms with van der Waals surface area (Å²) in [5.41, 5.74) is 4.63. The van der Waals surface area contributed by atoms with Crippen LogP contribution in [0.3, 0.4) is 0 Å². The van der Waals surface area contributed by atoms with Crippen molar-refractivity contribution >= 4 is 34.1 Å². The van der Waals surface area contributed by atoms with Crippen LogP contribution in [0.5, 0.6) is 0 Å². The number of hydrogen-bond acceptors (Lipinski definition) is 3. The van der Waals surface area contributed by atoms with E-state index in [0.717, 1.165) is 38.7 Å². The fourth-order valence-electron chi connectivity index (χ4n) is 4.47. The molecule has 6 heteroatoms. The molecule has 2 aromatic heterocycles. The fraction of sp³-hybridized carbons (Fsp3) is 0.214. The largest absolute Gasteiger partial charge is 0.481 e. The van der Waals surface area contributed by atoms with E-state index in [1.807, 2.05) is 24.4 Å². The van der Waals surface area contributed by atoms with Crippen molar-refractivity contribution in [3.05, 3.63) is 83.8 Å². The normalized spacial score (nSPS) is 12.7. The van der Waals surface area contributed by atoms with Gasteiger partial charge in [-0.15, -0.1) is 0 Å². The Kier molecular flexibility index (Phi) is 6.61. The molecule has 34 heavy (non-hydrogen) atoms. The van der Waals surface area contributed by atoms with Gasteiger partial charge in [0.1, 0.15) is 18.0 Å². The highest BCUT2D eigenvalue weighted by atomic mass is 19.1. The number of hydrogen-bond donors (Lipinski definition) is 2. The number of carboxylic acid groups (broad SMARTS) is 1. The third-order valence-electron chi connectivity index (χ3n) is 5.87. The zero-order chi connectivity index (χ0) is 24.4. The predicted octanol–water partition coefficient (Wildman–Crippen LogP) is 5.83. The molecule has 0 amide bonds. The summed E-state index contributed by atoms with van der Waals surface area (Å²) < 4.78 is 15.8. The van der Waals surface area contributed by atoms with Crippen LogP contribution in [0.2, 0.25) is 0 Å². The topological polar surface area (TPSA) is 79.0 Å². The maximum atomic E-state index is 13.7. The first-order chi connectivity index (χ1) is 16.3. The van der Waals surface area contributed by atoms with E-state index in [-0.39, 0.29) is 18.2 Å². The molecule has 2 N–H and O–H groups in total. The Morgan fingerprint density at radius 2 is 1.76 bits per heavy atom. The van der Waals surface area contributed by atoms with Crippen molar-refractivity contribution in [3.8, 4) is 11.3 Å². The lowest BCUT2D eigenvalue weighted by Crippen LogP contribution is -2.14. The lowest BCUT2D eigenvalue weighted by Gasteiger charge is -2.09. The summed E-state index contributed by atoms with van der Waals surface area (Å²) in [6.07, 6.45) is 3.29. The fourth-order valence-corrected chi connectivity index (χ4v) is 4.47. The molecular weight excluding hydrogens is 433 g/mol. The van der Waals surface area contributed by atoms with E-state index in [2.05, 4.69) is 30.4 Å². The third kappa shape index (κ3) is 4.63. The molecule has 0 bridgehead atoms. The van der Waals surface area contributed by atoms with E-state index in [1.165, 1.54) is 18.2 Å². The van der Waals surface area contributed by atoms with Gasteiger partial charge in [0, 0.05) is 23.6 Å². The molecule has 0 fully saturated rings. The molecule has 0 aliphatic carbocycles. The van der Waals surface area contributed by atoms with Crippen molar-refractivity contribution in [1.82, 2.24) is 4.40 Å². The van der Waals surface area contributed by atoms with Crippen molar-refractivity contribution in [2.24, 2.45) is 0 Å². The number of fused-ring (bicyclic) bond motifs is 3. The van der Waals surface area contributed by atoms with Crippen molar-refractivity contribution < 1.29 is 24.2 Å². The van der Waals surface area contributed by atoms with E-state index in [9.17, 15) is 19.1 Å². The van der Waals surface area contributed by atoms with Crippen LogP contribution in [0.15, 0.2) is 66.9 Å². The van der Waals surface area contributed by atoms with Crippen LogP contribution < -0.4 is 0 Å². The van der Waals surface area contributed by atoms with Crippen LogP contribution in [0.4, 0.5) is 4.39 Å². The minimum absolute atomic E-state index is 0.125. The zero-order valence-electron chi connectivity index (χ0n) is 19.0. The third-order valence-corrected chi connectivity index (χ3v) is 5.87. The zero-order valence-corrected chi connectivity index (χ0v) is 19.0. The number of benzene rings is 2. The molecule has 0 spiro atoms. The highest BCUT2D eigenvalue weighted by molar-refractivity contribution is 6.02. The van der Waals surface area contributed by atoms with Gasteiger partial charge in [-0.3, -0.25) is 9.59 Å². The number of aliphatic carboxylic acids is 1. The second-order valence-electron chi connectivity index (χ2n) is 8.70. The molecular formula is C28H26FNO4. The van der Waals surface area contributed by atoms with Crippen molar-refractivity contribution in [3.63, 3.8) is 0 Å². The van der Waals surface area contributed by atoms with Crippen LogP contribution in [-0.4, -0.2) is 32.5 Å². The van der Waals surface area contributed by atoms with Crippen molar-refractivity contribution in [2.45, 2.75) is 38.7 Å². The number of nitrogens with zero attached hydrogens (tertiary/aromatic N) is 1. The SMILES string of the molecule is CC(C)c1c(/C=C/C(O)CC(=O)CC(=O)O)c(-c2ccc(F)cc2)n2ccc3ccccc3c12. The summed E-state index contributed by atoms with van der Waals surface area (Å²) in [6, 6.07) is 16.4. The molecule has 174 valence electrons. The monoisotopic (exact) mass is 459 g/mol. The number of rotatable bonds is 8. The van der Waals surface area contributed by atoms with Gasteiger partial charge < -0.3 is 14.6 Å². The molecule has 0 aliphatic rings. The molecule has 2 heterocycles. The highest BCUT2D eigenvalue weighted by Crippen LogP contribution is 2.40. The first kappa shape index (κ1) is 23.4. The Morgan fingerprint density at radius 3 is 2.44 bits per heavy atom. The Labute approximate surface area is 196 Å². The molecule has 4 aromatic rings. The number of carbonyl (C=O) groups is 2. The van der Waals surface area contributed by atoms with Gasteiger partial charge in [-0.05, 0) is 52.8 Å². The average Bonchev–Trinajstić information content (AvgIpc) is 3.12. The van der Waals surface area contributed by atoms with Gasteiger partial charge in [0.05, 0.1) is 17.3 Å². The number of halogens is 1. The Hall–Kier alpha value is -3.77. The number of ketones is 1. The van der Waals surface area contributed by atoms with Gasteiger partial charge in [0.25, 0.3) is 0 Å². The summed E-state index contributed by atoms with van der Waals surface area (Å²) in [5, 5.41) is 21.4. The summed E-state index contributed by atoms with van der Waals surface area (Å²) in [7, 11) is 0. The molecule has 0 saturated carbocycles. The van der Waals surface area contributed by atoms with Gasteiger partial charge in [-0.25, -0.2) is 4.39 Å². The summed E-state index contributed by atoms with van der Waals surface area (Å²) in [4.78, 5) is 22.6. The van der Waals surface area contributed by atoms with Crippen LogP contribution in [0.25, 0.3) is 33.6 Å². The minimum atomic E-state index is -1.22. The van der Waals surface area contributed by atoms with E-state index in [1.54, 1.807) is 18.2 Å². The van der Waals surface area contributed by atoms with Gasteiger partial charge in [-0.1, -0.05) is 50.3 Å². The number of Topliss-reactive ketones (excluding diaryl/α,β-unsaturated/α-hetero) is 1. The standard InChI is InChI=1S/C28H26FNO4/c1-17(2)26-24(12-11-21(31)15-22(32)16-25(33)34)27(19-7-9-20(29)10-8-19)30-14-13-18-5-3-4-6-23(18)28(26)30/h3-14,17,21,31H,15-16H2,1-2H3,(H,33,34)/b12-11+. The molecule has 1 unspecified atom stereocenters. The van der Waals surface area contributed by atoms with E-state index in [0.29, 0.717) is 0 Å². The van der Waals surface area contributed by atoms with E-state index < -0.39 is 24.3 Å². The van der Waals surface area contributed by atoms with Gasteiger partial charge in [0.2, 0.25) is 0 Å². The molecule has 2 aromatic carbocycles. The first-order valence-corrected chi connectivity index (χ1v) is 11.2. The van der Waals surface area contributed by atoms with E-state index >= 15 is 0 Å². The van der Waals surface area contributed by atoms with Gasteiger partial charge in [-0.2, -0.15) is 0 Å². The predicted molar refractivity (Wildman–Crippen MR) is 131 cm³/mol. The molecule has 0 radical (unpaired) electrons. The summed E-state index contributed by atoms with van der Waals surface area (Å²) >= 11 is 0. The highest BCUT2D eigenvalue weighted by Gasteiger charge is 2.22. The number of carboxylic acids is 1. The second-order valence-corrected chi connectivity index (χ2v) is 8.70. The van der Waals surface area contributed by atoms with Crippen molar-refractivity contribution in [1.29, 1.82) is 0 Å². The van der Waals surface area contributed by atoms with Gasteiger partial charge >= 0.3 is 5.97 Å². The molecule has 1 atom stereocenters. The first-order valence-electron chi connectivity index (χ1n) is 11.2.